The molecule has 2 aliphatic heterocycles. The molecular weight excluding hydrogens is 391 g/mol. The highest BCUT2D eigenvalue weighted by Gasteiger charge is 2.42. The quantitative estimate of drug-likeness (QED) is 0.807. The fourth-order valence-corrected chi connectivity index (χ4v) is 5.47. The van der Waals surface area contributed by atoms with E-state index in [0.29, 0.717) is 28.4 Å². The van der Waals surface area contributed by atoms with E-state index in [1.807, 2.05) is 12.1 Å². The normalized spacial score (nSPS) is 26.0. The highest BCUT2D eigenvalue weighted by Crippen LogP contribution is 2.40. The largest absolute Gasteiger partial charge is 0.381 e. The summed E-state index contributed by atoms with van der Waals surface area (Å²) >= 11 is 6.17. The van der Waals surface area contributed by atoms with E-state index in [4.69, 9.17) is 16.3 Å². The van der Waals surface area contributed by atoms with E-state index >= 15 is 0 Å². The van der Waals surface area contributed by atoms with Crippen LogP contribution in [0.4, 0.5) is 10.2 Å². The second-order valence-corrected chi connectivity index (χ2v) is 8.97. The Morgan fingerprint density at radius 3 is 2.48 bits per heavy atom. The summed E-state index contributed by atoms with van der Waals surface area (Å²) in [4.78, 5) is 2.70. The summed E-state index contributed by atoms with van der Waals surface area (Å²) in [6.07, 6.45) is 4.73. The molecule has 5 nitrogen and oxygen atoms in total. The maximum atomic E-state index is 13.5. The van der Waals surface area contributed by atoms with Crippen LogP contribution in [0.1, 0.15) is 25.7 Å². The Morgan fingerprint density at radius 1 is 1.03 bits per heavy atom. The van der Waals surface area contributed by atoms with Crippen molar-refractivity contribution in [1.29, 1.82) is 0 Å². The molecule has 3 aliphatic rings. The van der Waals surface area contributed by atoms with Crippen LogP contribution in [-0.2, 0) is 4.74 Å². The van der Waals surface area contributed by atoms with Crippen LogP contribution in [0.5, 0.6) is 0 Å². The molecule has 0 unspecified atom stereocenters. The fraction of sp³-hybridized carbons (Fsp3) is 0.545. The second-order valence-electron chi connectivity index (χ2n) is 8.56. The van der Waals surface area contributed by atoms with Gasteiger partial charge in [0.05, 0.1) is 10.7 Å². The Bertz CT molecular complexity index is 844. The highest BCUT2D eigenvalue weighted by atomic mass is 35.5. The van der Waals surface area contributed by atoms with Crippen molar-refractivity contribution in [2.24, 2.45) is 11.8 Å². The minimum atomic E-state index is -0.333. The van der Waals surface area contributed by atoms with Crippen molar-refractivity contribution in [3.63, 3.8) is 0 Å². The molecule has 1 aliphatic carbocycles. The van der Waals surface area contributed by atoms with Crippen molar-refractivity contribution in [1.82, 2.24) is 15.1 Å². The monoisotopic (exact) mass is 416 g/mol. The molecule has 5 rings (SSSR count). The van der Waals surface area contributed by atoms with Gasteiger partial charge in [-0.05, 0) is 67.9 Å². The second kappa shape index (κ2) is 8.17. The zero-order valence-corrected chi connectivity index (χ0v) is 17.1. The average molecular weight is 417 g/mol. The van der Waals surface area contributed by atoms with Crippen molar-refractivity contribution in [2.75, 3.05) is 31.6 Å². The third kappa shape index (κ3) is 4.11. The lowest BCUT2D eigenvalue weighted by atomic mass is 10.0. The van der Waals surface area contributed by atoms with E-state index < -0.39 is 0 Å². The first-order valence-electron chi connectivity index (χ1n) is 10.5. The van der Waals surface area contributed by atoms with Gasteiger partial charge in [-0.3, -0.25) is 4.90 Å². The molecule has 3 fully saturated rings. The number of fused-ring (bicyclic) bond motifs is 1. The van der Waals surface area contributed by atoms with Crippen LogP contribution in [0.15, 0.2) is 30.3 Å². The molecule has 2 aromatic rings. The lowest BCUT2D eigenvalue weighted by Gasteiger charge is -2.32. The number of nitrogens with one attached hydrogen (secondary N) is 1. The molecule has 0 amide bonds. The summed E-state index contributed by atoms with van der Waals surface area (Å²) in [7, 11) is 0. The molecule has 7 heteroatoms. The van der Waals surface area contributed by atoms with Gasteiger partial charge in [-0.2, -0.15) is 0 Å². The lowest BCUT2D eigenvalue weighted by molar-refractivity contribution is 0.0396. The highest BCUT2D eigenvalue weighted by molar-refractivity contribution is 6.33. The van der Waals surface area contributed by atoms with E-state index in [-0.39, 0.29) is 5.82 Å². The van der Waals surface area contributed by atoms with Gasteiger partial charge < -0.3 is 10.1 Å². The molecule has 29 heavy (non-hydrogen) atoms. The molecule has 1 N–H and O–H groups in total. The number of benzene rings is 1. The summed E-state index contributed by atoms with van der Waals surface area (Å²) in [6.45, 7) is 4.26. The van der Waals surface area contributed by atoms with Crippen LogP contribution < -0.4 is 5.32 Å². The lowest BCUT2D eigenvalue weighted by Crippen LogP contribution is -2.39. The van der Waals surface area contributed by atoms with Gasteiger partial charge in [-0.25, -0.2) is 4.39 Å². The maximum Gasteiger partial charge on any atom is 0.148 e. The summed E-state index contributed by atoms with van der Waals surface area (Å²) < 4.78 is 19.0. The predicted octanol–water partition coefficient (Wildman–Crippen LogP) is 4.24. The first kappa shape index (κ1) is 19.2. The van der Waals surface area contributed by atoms with E-state index in [1.54, 1.807) is 6.07 Å². The zero-order valence-electron chi connectivity index (χ0n) is 16.4. The Morgan fingerprint density at radius 2 is 1.79 bits per heavy atom. The van der Waals surface area contributed by atoms with E-state index in [0.717, 1.165) is 30.9 Å². The van der Waals surface area contributed by atoms with Crippen LogP contribution in [-0.4, -0.2) is 53.5 Å². The molecule has 0 bridgehead atoms. The Kier molecular flexibility index (Phi) is 5.41. The third-order valence-electron chi connectivity index (χ3n) is 6.71. The smallest absolute Gasteiger partial charge is 0.148 e. The molecule has 1 aromatic carbocycles. The van der Waals surface area contributed by atoms with Gasteiger partial charge in [0.15, 0.2) is 0 Å². The number of anilines is 1. The summed E-state index contributed by atoms with van der Waals surface area (Å²) in [5, 5.41) is 12.6. The van der Waals surface area contributed by atoms with Crippen molar-refractivity contribution >= 4 is 17.4 Å². The number of likely N-dealkylation sites (tertiary alicyclic amines) is 1. The molecule has 3 heterocycles. The van der Waals surface area contributed by atoms with E-state index in [2.05, 4.69) is 20.4 Å². The summed E-state index contributed by atoms with van der Waals surface area (Å²) in [5.41, 5.74) is 1.14. The Labute approximate surface area is 175 Å². The molecule has 1 aromatic heterocycles. The molecule has 154 valence electrons. The number of rotatable bonds is 4. The maximum absolute atomic E-state index is 13.5. The van der Waals surface area contributed by atoms with Gasteiger partial charge in [0.25, 0.3) is 0 Å². The van der Waals surface area contributed by atoms with Crippen LogP contribution in [0.25, 0.3) is 11.3 Å². The molecule has 0 radical (unpaired) electrons. The van der Waals surface area contributed by atoms with Gasteiger partial charge >= 0.3 is 0 Å². The number of hydrogen-bond donors (Lipinski definition) is 1. The standard InChI is InChI=1S/C22H26ClFN4O/c23-20-2-1-16(24)11-19(20)21-3-4-22(27-26-21)25-17-9-14-12-28(13-15(14)10-17)18-5-7-29-8-6-18/h1-4,11,14-15,17-18H,5-10,12-13H2,(H,25,27)/t14-,15-/m1/s1. The zero-order chi connectivity index (χ0) is 19.8. The summed E-state index contributed by atoms with van der Waals surface area (Å²) in [5.74, 6) is 1.98. The van der Waals surface area contributed by atoms with E-state index in [1.165, 1.54) is 50.9 Å². The SMILES string of the molecule is Fc1ccc(Cl)c(-c2ccc(NC3C[C@@H]4CN(C5CCOCC5)C[C@H]4C3)nn2)c1. The number of aromatic nitrogens is 2. The van der Waals surface area contributed by atoms with E-state index in [9.17, 15) is 4.39 Å². The van der Waals surface area contributed by atoms with Gasteiger partial charge in [-0.1, -0.05) is 11.6 Å². The van der Waals surface area contributed by atoms with Gasteiger partial charge in [0.2, 0.25) is 0 Å². The minimum absolute atomic E-state index is 0.333. The minimum Gasteiger partial charge on any atom is -0.381 e. The topological polar surface area (TPSA) is 50.3 Å². The van der Waals surface area contributed by atoms with Gasteiger partial charge in [0, 0.05) is 44.0 Å². The van der Waals surface area contributed by atoms with Crippen molar-refractivity contribution in [2.45, 2.75) is 37.8 Å². The molecule has 0 spiro atoms. The molecule has 2 atom stereocenters. The average Bonchev–Trinajstić information content (AvgIpc) is 3.30. The number of ether oxygens (including phenoxy) is 1. The number of halogens is 2. The third-order valence-corrected chi connectivity index (χ3v) is 7.04. The number of nitrogens with zero attached hydrogens (tertiary/aromatic N) is 3. The molecule has 2 saturated heterocycles. The van der Waals surface area contributed by atoms with Crippen LogP contribution in [0.3, 0.4) is 0 Å². The predicted molar refractivity (Wildman–Crippen MR) is 111 cm³/mol. The van der Waals surface area contributed by atoms with Gasteiger partial charge in [-0.15, -0.1) is 10.2 Å². The molecular formula is C22H26ClFN4O. The molecule has 1 saturated carbocycles. The van der Waals surface area contributed by atoms with Crippen molar-refractivity contribution < 1.29 is 9.13 Å². The first-order valence-corrected chi connectivity index (χ1v) is 10.9. The van der Waals surface area contributed by atoms with Crippen LogP contribution >= 0.6 is 11.6 Å². The number of hydrogen-bond acceptors (Lipinski definition) is 5. The Balaban J connectivity index is 1.18. The van der Waals surface area contributed by atoms with Crippen molar-refractivity contribution in [3.8, 4) is 11.3 Å². The fourth-order valence-electron chi connectivity index (χ4n) is 5.26. The van der Waals surface area contributed by atoms with Crippen LogP contribution in [0, 0.1) is 17.7 Å². The first-order chi connectivity index (χ1) is 14.2. The van der Waals surface area contributed by atoms with Crippen molar-refractivity contribution in [3.05, 3.63) is 41.2 Å². The summed E-state index contributed by atoms with van der Waals surface area (Å²) in [6, 6.07) is 9.19. The Hall–Kier alpha value is -1.76. The van der Waals surface area contributed by atoms with Gasteiger partial charge in [0.1, 0.15) is 11.6 Å². The van der Waals surface area contributed by atoms with Crippen LogP contribution in [0.2, 0.25) is 5.02 Å².